The van der Waals surface area contributed by atoms with Crippen LogP contribution in [0.4, 0.5) is 5.69 Å². The van der Waals surface area contributed by atoms with Gasteiger partial charge in [-0.25, -0.2) is 9.97 Å². The molecule has 180 valence electrons. The van der Waals surface area contributed by atoms with Gasteiger partial charge in [0, 0.05) is 37.1 Å². The van der Waals surface area contributed by atoms with E-state index in [4.69, 9.17) is 0 Å². The molecule has 0 fully saturated rings. The van der Waals surface area contributed by atoms with E-state index in [1.54, 1.807) is 49.5 Å². The van der Waals surface area contributed by atoms with Gasteiger partial charge in [0.1, 0.15) is 0 Å². The second kappa shape index (κ2) is 9.83. The number of amides is 1. The Kier molecular flexibility index (Phi) is 6.27. The molecule has 0 radical (unpaired) electrons. The molecule has 36 heavy (non-hydrogen) atoms. The third kappa shape index (κ3) is 4.72. The number of H-pyrrole nitrogens is 1. The molecule has 9 nitrogen and oxygen atoms in total. The van der Waals surface area contributed by atoms with Crippen molar-refractivity contribution in [1.29, 1.82) is 0 Å². The standard InChI is InChI=1S/C27H24N6O3/c1-32-17-29-14-20(32)15-33-10-4-6-22(27(33)36)25(34)7-3-2-5-18-8-9-21-23(12-19-13-28-16-30-19)26(35)31-24(21)11-18/h2,4-6,8-14,16-17H,3,7,15H2,1H3,(H,28,30)(H,31,35)/b5-2+,23-12-. The first kappa shape index (κ1) is 23.0. The minimum absolute atomic E-state index is 0.164. The first-order valence-corrected chi connectivity index (χ1v) is 11.5. The minimum atomic E-state index is -0.305. The zero-order chi connectivity index (χ0) is 25.1. The van der Waals surface area contributed by atoms with Crippen molar-refractivity contribution in [2.75, 3.05) is 5.32 Å². The van der Waals surface area contributed by atoms with E-state index in [-0.39, 0.29) is 29.2 Å². The lowest BCUT2D eigenvalue weighted by molar-refractivity contribution is -0.110. The number of imidazole rings is 2. The van der Waals surface area contributed by atoms with E-state index in [1.807, 2.05) is 42.0 Å². The van der Waals surface area contributed by atoms with Crippen molar-refractivity contribution < 1.29 is 9.59 Å². The van der Waals surface area contributed by atoms with E-state index in [9.17, 15) is 14.4 Å². The number of hydrogen-bond acceptors (Lipinski definition) is 5. The molecule has 1 aliphatic heterocycles. The van der Waals surface area contributed by atoms with Gasteiger partial charge in [-0.3, -0.25) is 14.4 Å². The summed E-state index contributed by atoms with van der Waals surface area (Å²) in [6, 6.07) is 9.01. The van der Waals surface area contributed by atoms with E-state index in [0.717, 1.165) is 28.2 Å². The maximum absolute atomic E-state index is 12.8. The molecule has 2 N–H and O–H groups in total. The van der Waals surface area contributed by atoms with Crippen LogP contribution < -0.4 is 10.9 Å². The summed E-state index contributed by atoms with van der Waals surface area (Å²) in [7, 11) is 1.86. The van der Waals surface area contributed by atoms with Crippen molar-refractivity contribution in [3.8, 4) is 0 Å². The number of carbonyl (C=O) groups is 2. The first-order valence-electron chi connectivity index (χ1n) is 11.5. The van der Waals surface area contributed by atoms with Crippen molar-refractivity contribution >= 4 is 35.1 Å². The number of nitrogens with zero attached hydrogens (tertiary/aromatic N) is 4. The van der Waals surface area contributed by atoms with Gasteiger partial charge in [0.2, 0.25) is 0 Å². The molecule has 3 aromatic heterocycles. The van der Waals surface area contributed by atoms with Crippen LogP contribution in [-0.2, 0) is 18.4 Å². The molecule has 4 heterocycles. The number of hydrogen-bond donors (Lipinski definition) is 2. The number of pyridine rings is 1. The van der Waals surface area contributed by atoms with Gasteiger partial charge in [-0.15, -0.1) is 0 Å². The van der Waals surface area contributed by atoms with Crippen LogP contribution in [0, 0.1) is 0 Å². The number of nitrogens with one attached hydrogen (secondary N) is 2. The molecular formula is C27H24N6O3. The number of benzene rings is 1. The highest BCUT2D eigenvalue weighted by atomic mass is 16.2. The quantitative estimate of drug-likeness (QED) is 0.296. The topological polar surface area (TPSA) is 115 Å². The maximum Gasteiger partial charge on any atom is 0.261 e. The van der Waals surface area contributed by atoms with E-state index < -0.39 is 0 Å². The van der Waals surface area contributed by atoms with Crippen molar-refractivity contribution in [3.63, 3.8) is 0 Å². The van der Waals surface area contributed by atoms with Gasteiger partial charge in [0.25, 0.3) is 11.5 Å². The lowest BCUT2D eigenvalue weighted by Gasteiger charge is -2.08. The number of aromatic nitrogens is 5. The van der Waals surface area contributed by atoms with Crippen LogP contribution in [0.5, 0.6) is 0 Å². The number of fused-ring (bicyclic) bond motifs is 1. The smallest absolute Gasteiger partial charge is 0.261 e. The second-order valence-corrected chi connectivity index (χ2v) is 8.54. The van der Waals surface area contributed by atoms with Crippen LogP contribution in [0.15, 0.2) is 72.4 Å². The van der Waals surface area contributed by atoms with Gasteiger partial charge in [0.05, 0.1) is 47.9 Å². The number of ketones is 1. The Morgan fingerprint density at radius 2 is 2.03 bits per heavy atom. The van der Waals surface area contributed by atoms with Gasteiger partial charge < -0.3 is 19.4 Å². The van der Waals surface area contributed by atoms with Gasteiger partial charge in [0.15, 0.2) is 5.78 Å². The van der Waals surface area contributed by atoms with Crippen LogP contribution in [0.1, 0.15) is 45.7 Å². The Labute approximate surface area is 206 Å². The molecule has 0 saturated heterocycles. The predicted molar refractivity (Wildman–Crippen MR) is 137 cm³/mol. The average molecular weight is 481 g/mol. The Bertz CT molecular complexity index is 1560. The molecule has 0 atom stereocenters. The third-order valence-corrected chi connectivity index (χ3v) is 6.06. The summed E-state index contributed by atoms with van der Waals surface area (Å²) in [5.74, 6) is -0.359. The molecule has 0 aliphatic carbocycles. The van der Waals surface area contributed by atoms with Crippen LogP contribution in [0.25, 0.3) is 17.7 Å². The SMILES string of the molecule is Cn1cncc1Cn1cccc(C(=O)CC/C=C/c2ccc3c(c2)NC(=O)/C3=C\c2cnc[nH]2)c1=O. The minimum Gasteiger partial charge on any atom is -0.345 e. The highest BCUT2D eigenvalue weighted by molar-refractivity contribution is 6.34. The average Bonchev–Trinajstić information content (AvgIpc) is 3.60. The third-order valence-electron chi connectivity index (χ3n) is 6.06. The lowest BCUT2D eigenvalue weighted by atomic mass is 10.0. The predicted octanol–water partition coefficient (Wildman–Crippen LogP) is 3.52. The number of allylic oxidation sites excluding steroid dienone is 1. The monoisotopic (exact) mass is 480 g/mol. The highest BCUT2D eigenvalue weighted by Crippen LogP contribution is 2.33. The second-order valence-electron chi connectivity index (χ2n) is 8.54. The number of carbonyl (C=O) groups excluding carboxylic acids is 2. The highest BCUT2D eigenvalue weighted by Gasteiger charge is 2.24. The number of anilines is 1. The normalized spacial score (nSPS) is 13.9. The fourth-order valence-corrected chi connectivity index (χ4v) is 4.11. The van der Waals surface area contributed by atoms with E-state index in [1.165, 1.54) is 4.57 Å². The van der Waals surface area contributed by atoms with Crippen LogP contribution in [-0.4, -0.2) is 35.8 Å². The molecule has 0 bridgehead atoms. The zero-order valence-corrected chi connectivity index (χ0v) is 19.6. The van der Waals surface area contributed by atoms with Crippen molar-refractivity contribution in [2.24, 2.45) is 7.05 Å². The number of aryl methyl sites for hydroxylation is 1. The summed E-state index contributed by atoms with van der Waals surface area (Å²) in [5.41, 5.74) is 4.55. The van der Waals surface area contributed by atoms with Crippen molar-refractivity contribution in [3.05, 3.63) is 106 Å². The summed E-state index contributed by atoms with van der Waals surface area (Å²) < 4.78 is 3.36. The summed E-state index contributed by atoms with van der Waals surface area (Å²) in [6.45, 7) is 0.351. The Balaban J connectivity index is 1.23. The largest absolute Gasteiger partial charge is 0.345 e. The lowest BCUT2D eigenvalue weighted by Crippen LogP contribution is -2.26. The van der Waals surface area contributed by atoms with Gasteiger partial charge in [-0.05, 0) is 36.3 Å². The Hall–Kier alpha value is -4.79. The van der Waals surface area contributed by atoms with Crippen LogP contribution in [0.3, 0.4) is 0 Å². The van der Waals surface area contributed by atoms with E-state index >= 15 is 0 Å². The number of rotatable bonds is 8. The van der Waals surface area contributed by atoms with Crippen molar-refractivity contribution in [2.45, 2.75) is 19.4 Å². The van der Waals surface area contributed by atoms with E-state index in [0.29, 0.717) is 18.5 Å². The van der Waals surface area contributed by atoms with Gasteiger partial charge >= 0.3 is 0 Å². The first-order chi connectivity index (χ1) is 17.5. The van der Waals surface area contributed by atoms with Gasteiger partial charge in [-0.1, -0.05) is 24.3 Å². The summed E-state index contributed by atoms with van der Waals surface area (Å²) in [5, 5.41) is 2.89. The molecule has 0 spiro atoms. The molecule has 9 heteroatoms. The van der Waals surface area contributed by atoms with Crippen molar-refractivity contribution in [1.82, 2.24) is 24.1 Å². The Morgan fingerprint density at radius 1 is 1.14 bits per heavy atom. The molecule has 1 aromatic carbocycles. The van der Waals surface area contributed by atoms with Gasteiger partial charge in [-0.2, -0.15) is 0 Å². The molecule has 5 rings (SSSR count). The summed E-state index contributed by atoms with van der Waals surface area (Å²) in [6.07, 6.45) is 14.6. The number of Topliss-reactive ketones (excluding diaryl/α,β-unsaturated/α-hetero) is 1. The van der Waals surface area contributed by atoms with Crippen LogP contribution >= 0.6 is 0 Å². The van der Waals surface area contributed by atoms with Crippen LogP contribution in [0.2, 0.25) is 0 Å². The molecule has 4 aromatic rings. The zero-order valence-electron chi connectivity index (χ0n) is 19.6. The van der Waals surface area contributed by atoms with E-state index in [2.05, 4.69) is 20.3 Å². The summed E-state index contributed by atoms with van der Waals surface area (Å²) >= 11 is 0. The summed E-state index contributed by atoms with van der Waals surface area (Å²) in [4.78, 5) is 48.9. The molecule has 0 unspecified atom stereocenters. The fourth-order valence-electron chi connectivity index (χ4n) is 4.11. The molecular weight excluding hydrogens is 456 g/mol. The Morgan fingerprint density at radius 3 is 2.81 bits per heavy atom. The maximum atomic E-state index is 12.8. The molecule has 1 aliphatic rings. The number of aromatic amines is 1. The molecule has 0 saturated carbocycles. The fraction of sp³-hybridized carbons (Fsp3) is 0.148. The molecule has 1 amide bonds.